The SMILES string of the molecule is CCN(CCCNC(=O)[C@@]1(O)c2ccccc2NC(=O)N1c1ccc(Cl)c(Cl)c1)c1cccc(C)c1. The van der Waals surface area contributed by atoms with Gasteiger partial charge in [0.25, 0.3) is 11.6 Å². The molecule has 3 aromatic carbocycles. The highest BCUT2D eigenvalue weighted by molar-refractivity contribution is 6.42. The number of benzene rings is 3. The van der Waals surface area contributed by atoms with Crippen molar-refractivity contribution in [3.8, 4) is 0 Å². The lowest BCUT2D eigenvalue weighted by Gasteiger charge is -2.42. The van der Waals surface area contributed by atoms with Gasteiger partial charge in [-0.3, -0.25) is 9.69 Å². The number of anilines is 3. The number of nitrogens with zero attached hydrogens (tertiary/aromatic N) is 2. The van der Waals surface area contributed by atoms with Crippen molar-refractivity contribution in [1.82, 2.24) is 5.32 Å². The summed E-state index contributed by atoms with van der Waals surface area (Å²) in [6, 6.07) is 18.7. The van der Waals surface area contributed by atoms with Gasteiger partial charge in [0.1, 0.15) is 0 Å². The quantitative estimate of drug-likeness (QED) is 0.337. The van der Waals surface area contributed by atoms with E-state index in [1.807, 2.05) is 6.07 Å². The number of halogens is 2. The number of aliphatic hydroxyl groups is 1. The number of urea groups is 1. The molecule has 0 bridgehead atoms. The third-order valence-electron chi connectivity index (χ3n) is 6.19. The topological polar surface area (TPSA) is 84.9 Å². The van der Waals surface area contributed by atoms with E-state index >= 15 is 0 Å². The van der Waals surface area contributed by atoms with Crippen molar-refractivity contribution < 1.29 is 14.7 Å². The summed E-state index contributed by atoms with van der Waals surface area (Å²) in [4.78, 5) is 29.9. The molecule has 0 radical (unpaired) electrons. The molecule has 0 spiro atoms. The number of aryl methyl sites for hydroxylation is 1. The molecule has 0 saturated carbocycles. The highest BCUT2D eigenvalue weighted by Gasteiger charge is 2.51. The molecule has 3 N–H and O–H groups in total. The first-order chi connectivity index (χ1) is 17.3. The van der Waals surface area contributed by atoms with Crippen molar-refractivity contribution in [2.45, 2.75) is 26.0 Å². The van der Waals surface area contributed by atoms with Crippen molar-refractivity contribution in [2.75, 3.05) is 34.8 Å². The van der Waals surface area contributed by atoms with Gasteiger partial charge >= 0.3 is 6.03 Å². The van der Waals surface area contributed by atoms with Gasteiger partial charge in [0.2, 0.25) is 0 Å². The largest absolute Gasteiger partial charge is 0.372 e. The van der Waals surface area contributed by atoms with Crippen molar-refractivity contribution in [1.29, 1.82) is 0 Å². The number of fused-ring (bicyclic) bond motifs is 1. The minimum atomic E-state index is -2.29. The summed E-state index contributed by atoms with van der Waals surface area (Å²) in [6.07, 6.45) is 0.643. The van der Waals surface area contributed by atoms with E-state index in [0.29, 0.717) is 30.2 Å². The van der Waals surface area contributed by atoms with E-state index in [9.17, 15) is 14.7 Å². The molecule has 0 fully saturated rings. The van der Waals surface area contributed by atoms with Crippen molar-refractivity contribution >= 4 is 52.2 Å². The van der Waals surface area contributed by atoms with Gasteiger partial charge < -0.3 is 20.6 Å². The van der Waals surface area contributed by atoms with Crippen LogP contribution < -0.4 is 20.4 Å². The highest BCUT2D eigenvalue weighted by atomic mass is 35.5. The van der Waals surface area contributed by atoms with Crippen molar-refractivity contribution in [3.63, 3.8) is 0 Å². The zero-order valence-corrected chi connectivity index (χ0v) is 21.6. The number of rotatable bonds is 8. The van der Waals surface area contributed by atoms with Gasteiger partial charge in [-0.2, -0.15) is 0 Å². The molecule has 1 heterocycles. The lowest BCUT2D eigenvalue weighted by atomic mass is 9.94. The van der Waals surface area contributed by atoms with Gasteiger partial charge in [0.15, 0.2) is 0 Å². The van der Waals surface area contributed by atoms with Crippen LogP contribution >= 0.6 is 23.2 Å². The average molecular weight is 527 g/mol. The van der Waals surface area contributed by atoms with Crippen LogP contribution in [0.3, 0.4) is 0 Å². The number of carbonyl (C=O) groups excluding carboxylic acids is 2. The second-order valence-corrected chi connectivity index (χ2v) is 9.42. The molecule has 9 heteroatoms. The van der Waals surface area contributed by atoms with E-state index in [-0.39, 0.29) is 16.3 Å². The second-order valence-electron chi connectivity index (χ2n) is 8.61. The van der Waals surface area contributed by atoms with E-state index in [0.717, 1.165) is 17.1 Å². The zero-order valence-electron chi connectivity index (χ0n) is 20.1. The normalized spacial score (nSPS) is 16.8. The van der Waals surface area contributed by atoms with Crippen LogP contribution in [0, 0.1) is 6.92 Å². The van der Waals surface area contributed by atoms with E-state index in [1.165, 1.54) is 23.8 Å². The molecular formula is C27H28Cl2N4O3. The summed E-state index contributed by atoms with van der Waals surface area (Å²) in [5.74, 6) is -0.713. The van der Waals surface area contributed by atoms with Crippen LogP contribution in [0.25, 0.3) is 0 Å². The van der Waals surface area contributed by atoms with Crippen LogP contribution in [0.2, 0.25) is 10.0 Å². The Kier molecular flexibility index (Phi) is 7.73. The van der Waals surface area contributed by atoms with Gasteiger partial charge in [-0.05, 0) is 62.2 Å². The Labute approximate surface area is 220 Å². The van der Waals surface area contributed by atoms with Gasteiger partial charge in [0.05, 0.1) is 21.4 Å². The zero-order chi connectivity index (χ0) is 25.9. The summed E-state index contributed by atoms with van der Waals surface area (Å²) in [5.41, 5.74) is 0.836. The van der Waals surface area contributed by atoms with Crippen LogP contribution in [-0.4, -0.2) is 36.7 Å². The summed E-state index contributed by atoms with van der Waals surface area (Å²) in [5, 5.41) is 17.9. The fourth-order valence-electron chi connectivity index (χ4n) is 4.38. The molecule has 3 aromatic rings. The Balaban J connectivity index is 1.56. The van der Waals surface area contributed by atoms with Gasteiger partial charge in [-0.25, -0.2) is 4.79 Å². The molecule has 3 amide bonds. The monoisotopic (exact) mass is 526 g/mol. The first-order valence-electron chi connectivity index (χ1n) is 11.7. The Morgan fingerprint density at radius 3 is 2.58 bits per heavy atom. The van der Waals surface area contributed by atoms with Crippen molar-refractivity contribution in [3.05, 3.63) is 87.9 Å². The van der Waals surface area contributed by atoms with E-state index in [1.54, 1.807) is 24.3 Å². The van der Waals surface area contributed by atoms with Crippen LogP contribution in [0.1, 0.15) is 24.5 Å². The first kappa shape index (κ1) is 25.8. The smallest absolute Gasteiger partial charge is 0.329 e. The summed E-state index contributed by atoms with van der Waals surface area (Å²) in [7, 11) is 0. The number of amides is 3. The van der Waals surface area contributed by atoms with Crippen LogP contribution in [0.4, 0.5) is 21.9 Å². The Bertz CT molecular complexity index is 1290. The van der Waals surface area contributed by atoms with Crippen molar-refractivity contribution in [2.24, 2.45) is 0 Å². The average Bonchev–Trinajstić information content (AvgIpc) is 2.86. The van der Waals surface area contributed by atoms with E-state index in [4.69, 9.17) is 23.2 Å². The molecule has 188 valence electrons. The van der Waals surface area contributed by atoms with Crippen LogP contribution in [-0.2, 0) is 10.5 Å². The maximum Gasteiger partial charge on any atom is 0.329 e. The van der Waals surface area contributed by atoms with Gasteiger partial charge in [-0.15, -0.1) is 0 Å². The van der Waals surface area contributed by atoms with Crippen LogP contribution in [0.5, 0.6) is 0 Å². The molecule has 0 unspecified atom stereocenters. The molecule has 0 aliphatic carbocycles. The molecule has 7 nitrogen and oxygen atoms in total. The lowest BCUT2D eigenvalue weighted by molar-refractivity contribution is -0.140. The summed E-state index contributed by atoms with van der Waals surface area (Å²) < 4.78 is 0. The standard InChI is InChI=1S/C27H28Cl2N4O3/c1-3-32(19-9-6-8-18(2)16-19)15-7-14-30-25(34)27(36)21-10-4-5-11-24(21)31-26(35)33(27)20-12-13-22(28)23(29)17-20/h4-6,8-13,16-17,36H,3,7,14-15H2,1-2H3,(H,30,34)(H,31,35)/t27-/m0/s1. The Morgan fingerprint density at radius 2 is 1.86 bits per heavy atom. The minimum Gasteiger partial charge on any atom is -0.372 e. The van der Waals surface area contributed by atoms with Gasteiger partial charge in [0, 0.05) is 30.9 Å². The predicted molar refractivity (Wildman–Crippen MR) is 145 cm³/mol. The van der Waals surface area contributed by atoms with E-state index in [2.05, 4.69) is 47.6 Å². The number of nitrogens with one attached hydrogen (secondary N) is 2. The third kappa shape index (κ3) is 5.00. The number of carbonyl (C=O) groups is 2. The fourth-order valence-corrected chi connectivity index (χ4v) is 4.67. The maximum absolute atomic E-state index is 13.5. The molecule has 1 aliphatic heterocycles. The molecular weight excluding hydrogens is 499 g/mol. The molecule has 1 atom stereocenters. The third-order valence-corrected chi connectivity index (χ3v) is 6.93. The second kappa shape index (κ2) is 10.8. The summed E-state index contributed by atoms with van der Waals surface area (Å²) in [6.45, 7) is 5.97. The number of para-hydroxylation sites is 1. The molecule has 36 heavy (non-hydrogen) atoms. The molecule has 0 saturated heterocycles. The highest BCUT2D eigenvalue weighted by Crippen LogP contribution is 2.41. The molecule has 1 aliphatic rings. The molecule has 4 rings (SSSR count). The lowest BCUT2D eigenvalue weighted by Crippen LogP contribution is -2.62. The Hall–Kier alpha value is -3.26. The maximum atomic E-state index is 13.5. The minimum absolute atomic E-state index is 0.194. The van der Waals surface area contributed by atoms with Gasteiger partial charge in [-0.1, -0.05) is 53.5 Å². The number of hydrogen-bond acceptors (Lipinski definition) is 4. The first-order valence-corrected chi connectivity index (χ1v) is 12.5. The predicted octanol–water partition coefficient (Wildman–Crippen LogP) is 5.53. The fraction of sp³-hybridized carbons (Fsp3) is 0.259. The summed E-state index contributed by atoms with van der Waals surface area (Å²) >= 11 is 12.2. The number of hydrogen-bond donors (Lipinski definition) is 3. The Morgan fingerprint density at radius 1 is 1.08 bits per heavy atom. The van der Waals surface area contributed by atoms with Crippen LogP contribution in [0.15, 0.2) is 66.7 Å². The van der Waals surface area contributed by atoms with E-state index < -0.39 is 17.7 Å². The molecule has 0 aromatic heterocycles.